The summed E-state index contributed by atoms with van der Waals surface area (Å²) in [7, 11) is 6.78. The van der Waals surface area contributed by atoms with Gasteiger partial charge in [0.1, 0.15) is 12.0 Å². The number of nitrogens with one attached hydrogen (secondary N) is 2. The second-order valence-corrected chi connectivity index (χ2v) is 15.3. The van der Waals surface area contributed by atoms with Crippen LogP contribution in [0.25, 0.3) is 0 Å². The molecule has 0 bridgehead atoms. The molecule has 18 heteroatoms. The minimum Gasteiger partial charge on any atom is -0.542 e. The molecule has 0 radical (unpaired) electrons. The summed E-state index contributed by atoms with van der Waals surface area (Å²) in [5.74, 6) is -4.11. The Labute approximate surface area is 348 Å². The number of carbonyl (C=O) groups excluding carboxylic acids is 5. The van der Waals surface area contributed by atoms with Crippen LogP contribution in [0.4, 0.5) is 13.2 Å². The fraction of sp³-hybridized carbons (Fsp3) is 0.732. The number of nitrogens with two attached hydrogens (primary N) is 1. The van der Waals surface area contributed by atoms with Crippen molar-refractivity contribution < 1.29 is 57.0 Å². The van der Waals surface area contributed by atoms with Gasteiger partial charge in [-0.1, -0.05) is 61.0 Å². The third-order valence-electron chi connectivity index (χ3n) is 10.5. The number of rotatable bonds is 20. The number of aliphatic carboxylic acids is 1. The maximum absolute atomic E-state index is 14.1. The predicted octanol–water partition coefficient (Wildman–Crippen LogP) is 1.85. The minimum absolute atomic E-state index is 0.0125. The number of carboxylic acid groups (broad SMARTS) is 1. The summed E-state index contributed by atoms with van der Waals surface area (Å²) in [4.78, 5) is 71.1. The van der Waals surface area contributed by atoms with Crippen LogP contribution in [0, 0.1) is 35.0 Å². The quantitative estimate of drug-likeness (QED) is 0.174. The van der Waals surface area contributed by atoms with Crippen LogP contribution in [-0.4, -0.2) is 128 Å². The summed E-state index contributed by atoms with van der Waals surface area (Å²) in [6, 6.07) is 5.75. The molecule has 4 amide bonds. The van der Waals surface area contributed by atoms with Gasteiger partial charge >= 0.3 is 6.18 Å². The smallest absolute Gasteiger partial charge is 0.430 e. The second-order valence-electron chi connectivity index (χ2n) is 15.3. The zero-order valence-corrected chi connectivity index (χ0v) is 36.8. The number of aromatic nitrogens is 1. The van der Waals surface area contributed by atoms with Crippen LogP contribution in [0.3, 0.4) is 0 Å². The number of quaternary nitrogens is 1. The molecule has 1 aliphatic heterocycles. The van der Waals surface area contributed by atoms with Crippen molar-refractivity contribution in [2.45, 2.75) is 130 Å². The molecule has 2 heterocycles. The van der Waals surface area contributed by atoms with Crippen molar-refractivity contribution in [2.24, 2.45) is 23.7 Å². The summed E-state index contributed by atoms with van der Waals surface area (Å²) in [6.07, 6.45) is -1.54. The van der Waals surface area contributed by atoms with Crippen LogP contribution in [0.5, 0.6) is 0 Å². The van der Waals surface area contributed by atoms with E-state index in [-0.39, 0.29) is 59.9 Å². The topological polar surface area (TPSA) is 211 Å². The van der Waals surface area contributed by atoms with E-state index < -0.39 is 42.4 Å². The van der Waals surface area contributed by atoms with Crippen LogP contribution < -0.4 is 21.1 Å². The summed E-state index contributed by atoms with van der Waals surface area (Å²) in [5.41, 5.74) is 0.904. The SMILES string of the molecule is CC#N.CC[C@H](C)[C@@H]([C@@H](CC(=O)N1CCC[C@H]1[C@H](OC)[C@@H](C)C(=O)NCCc1ccccn1)OC)N(C)C(=O)[C@@H](NC(=O)[C@@H]([NH2+]C)C(C)C)C(C)C.O=C([O-])C(F)(F)F. The van der Waals surface area contributed by atoms with Crippen LogP contribution in [0.2, 0.25) is 0 Å². The molecule has 0 aromatic carbocycles. The van der Waals surface area contributed by atoms with E-state index in [1.165, 1.54) is 6.92 Å². The standard InChI is InChI=1S/C37H64N6O6.C2HF3O2.C2H3N/c1-12-25(6)33(42(9)37(47)32(24(4)5)41-36(46)31(38-8)23(2)3)29(48-10)22-30(44)43-21-15-17-28(43)34(49-11)26(7)35(45)40-20-18-27-16-13-14-19-39-27;3-2(4,5)1(6)7;1-2-3/h13-14,16,19,23-26,28-29,31-34,38H,12,15,17-18,20-22H2,1-11H3,(H,40,45)(H,41,46);(H,6,7);1H3/t25-,26+,28-,29+,31-,32-,33-,34+;;/m0../s1. The van der Waals surface area contributed by atoms with E-state index in [1.807, 2.05) is 70.1 Å². The van der Waals surface area contributed by atoms with Gasteiger partial charge in [-0.3, -0.25) is 24.2 Å². The maximum atomic E-state index is 14.1. The van der Waals surface area contributed by atoms with Crippen LogP contribution in [-0.2, 0) is 39.9 Å². The van der Waals surface area contributed by atoms with Crippen LogP contribution >= 0.6 is 0 Å². The van der Waals surface area contributed by atoms with Gasteiger partial charge in [0.25, 0.3) is 5.91 Å². The third kappa shape index (κ3) is 17.8. The highest BCUT2D eigenvalue weighted by Crippen LogP contribution is 2.29. The lowest BCUT2D eigenvalue weighted by atomic mass is 9.89. The first kappa shape index (κ1) is 54.7. The van der Waals surface area contributed by atoms with E-state index in [1.54, 1.807) is 38.4 Å². The van der Waals surface area contributed by atoms with Gasteiger partial charge in [-0.15, -0.1) is 0 Å². The normalized spacial score (nSPS) is 17.4. The molecule has 0 aliphatic carbocycles. The van der Waals surface area contributed by atoms with E-state index in [2.05, 4.69) is 29.5 Å². The van der Waals surface area contributed by atoms with Crippen LogP contribution in [0.15, 0.2) is 24.4 Å². The van der Waals surface area contributed by atoms with Gasteiger partial charge in [-0.05, 0) is 36.8 Å². The lowest BCUT2D eigenvalue weighted by molar-refractivity contribution is -0.656. The zero-order valence-electron chi connectivity index (χ0n) is 36.8. The Kier molecular flexibility index (Phi) is 25.4. The van der Waals surface area contributed by atoms with E-state index in [0.29, 0.717) is 19.5 Å². The number of halogens is 3. The Morgan fingerprint density at radius 1 is 1.07 bits per heavy atom. The number of ether oxygens (including phenoxy) is 2. The first-order valence-electron chi connectivity index (χ1n) is 20.1. The predicted molar refractivity (Wildman–Crippen MR) is 213 cm³/mol. The first-order valence-corrected chi connectivity index (χ1v) is 20.1. The molecule has 1 fully saturated rings. The van der Waals surface area contributed by atoms with Crippen molar-refractivity contribution in [1.82, 2.24) is 25.4 Å². The average Bonchev–Trinajstić information content (AvgIpc) is 3.66. The average molecular weight is 844 g/mol. The van der Waals surface area contributed by atoms with Crippen molar-refractivity contribution in [3.63, 3.8) is 0 Å². The Morgan fingerprint density at radius 2 is 1.66 bits per heavy atom. The molecule has 0 saturated carbocycles. The van der Waals surface area contributed by atoms with Gasteiger partial charge in [0.05, 0.1) is 49.7 Å². The zero-order chi connectivity index (χ0) is 45.6. The van der Waals surface area contributed by atoms with Gasteiger partial charge in [-0.2, -0.15) is 18.4 Å². The molecule has 1 saturated heterocycles. The monoisotopic (exact) mass is 844 g/mol. The van der Waals surface area contributed by atoms with E-state index in [0.717, 1.165) is 25.0 Å². The van der Waals surface area contributed by atoms with Crippen molar-refractivity contribution >= 4 is 29.6 Å². The van der Waals surface area contributed by atoms with Crippen molar-refractivity contribution in [3.8, 4) is 6.07 Å². The Morgan fingerprint density at radius 3 is 2.10 bits per heavy atom. The minimum atomic E-state index is -5.19. The Bertz CT molecular complexity index is 1480. The molecule has 1 aliphatic rings. The summed E-state index contributed by atoms with van der Waals surface area (Å²) >= 11 is 0. The van der Waals surface area contributed by atoms with Gasteiger partial charge in [-0.25, -0.2) is 0 Å². The number of amides is 4. The van der Waals surface area contributed by atoms with Crippen molar-refractivity contribution in [2.75, 3.05) is 41.4 Å². The largest absolute Gasteiger partial charge is 0.542 e. The number of hydrogen-bond acceptors (Lipinski definition) is 10. The molecule has 336 valence electrons. The number of likely N-dealkylation sites (tertiary alicyclic amines) is 1. The first-order chi connectivity index (χ1) is 27.6. The molecular formula is C41H68F3N7O8. The fourth-order valence-corrected chi connectivity index (χ4v) is 7.15. The van der Waals surface area contributed by atoms with Gasteiger partial charge in [0.15, 0.2) is 6.04 Å². The fourth-order valence-electron chi connectivity index (χ4n) is 7.15. The number of methoxy groups -OCH3 is 2. The number of carbonyl (C=O) groups is 5. The number of carboxylic acids is 1. The molecule has 4 N–H and O–H groups in total. The van der Waals surface area contributed by atoms with E-state index >= 15 is 0 Å². The highest BCUT2D eigenvalue weighted by Gasteiger charge is 2.43. The van der Waals surface area contributed by atoms with Crippen molar-refractivity contribution in [3.05, 3.63) is 30.1 Å². The van der Waals surface area contributed by atoms with Crippen molar-refractivity contribution in [1.29, 1.82) is 5.26 Å². The maximum Gasteiger partial charge on any atom is 0.430 e. The summed E-state index contributed by atoms with van der Waals surface area (Å²) < 4.78 is 43.4. The number of nitrogens with zero attached hydrogens (tertiary/aromatic N) is 4. The number of likely N-dealkylation sites (N-methyl/N-ethyl adjacent to an activating group) is 2. The number of nitriles is 1. The van der Waals surface area contributed by atoms with E-state index in [9.17, 15) is 32.3 Å². The summed E-state index contributed by atoms with van der Waals surface area (Å²) in [5, 5.41) is 24.0. The van der Waals surface area contributed by atoms with Gasteiger partial charge in [0.2, 0.25) is 17.7 Å². The highest BCUT2D eigenvalue weighted by atomic mass is 19.4. The lowest BCUT2D eigenvalue weighted by Crippen LogP contribution is -2.90. The third-order valence-corrected chi connectivity index (χ3v) is 10.5. The van der Waals surface area contributed by atoms with Gasteiger partial charge in [0, 0.05) is 65.5 Å². The van der Waals surface area contributed by atoms with Gasteiger partial charge < -0.3 is 45.1 Å². The Balaban J connectivity index is 0.00000299. The molecular weight excluding hydrogens is 775 g/mol. The summed E-state index contributed by atoms with van der Waals surface area (Å²) in [6.45, 7) is 16.2. The molecule has 15 nitrogen and oxygen atoms in total. The number of hydrogen-bond donors (Lipinski definition) is 3. The number of pyridine rings is 1. The molecule has 59 heavy (non-hydrogen) atoms. The molecule has 8 atom stereocenters. The molecule has 1 aromatic rings. The molecule has 0 spiro atoms. The second kappa shape index (κ2) is 27.4. The number of alkyl halides is 3. The molecule has 0 unspecified atom stereocenters. The highest BCUT2D eigenvalue weighted by molar-refractivity contribution is 5.89. The molecule has 1 aromatic heterocycles. The van der Waals surface area contributed by atoms with Crippen LogP contribution in [0.1, 0.15) is 86.8 Å². The lowest BCUT2D eigenvalue weighted by Gasteiger charge is -2.41. The molecule has 2 rings (SSSR count). The van der Waals surface area contributed by atoms with E-state index in [4.69, 9.17) is 24.6 Å². The Hall–Kier alpha value is -4.34.